The molecule has 26 heavy (non-hydrogen) atoms. The van der Waals surface area contributed by atoms with Crippen LogP contribution in [0.3, 0.4) is 0 Å². The molecule has 1 aliphatic rings. The van der Waals surface area contributed by atoms with Crippen molar-refractivity contribution in [2.75, 3.05) is 31.6 Å². The monoisotopic (exact) mass is 368 g/mol. The molecular weight excluding hydrogens is 344 g/mol. The van der Waals surface area contributed by atoms with Crippen LogP contribution in [0.4, 0.5) is 5.82 Å². The zero-order valence-corrected chi connectivity index (χ0v) is 16.1. The molecule has 3 aromatic rings. The molecule has 1 atom stereocenters. The Labute approximate surface area is 158 Å². The summed E-state index contributed by atoms with van der Waals surface area (Å²) in [6.45, 7) is 8.68. The van der Waals surface area contributed by atoms with Gasteiger partial charge in [-0.3, -0.25) is 4.90 Å². The number of nitrogens with one attached hydrogen (secondary N) is 1. The summed E-state index contributed by atoms with van der Waals surface area (Å²) in [5, 5.41) is 4.65. The second-order valence-electron chi connectivity index (χ2n) is 6.78. The van der Waals surface area contributed by atoms with Crippen LogP contribution < -0.4 is 5.32 Å². The number of fused-ring (bicyclic) bond motifs is 1. The highest BCUT2D eigenvalue weighted by molar-refractivity contribution is 7.18. The van der Waals surface area contributed by atoms with Crippen LogP contribution in [0.25, 0.3) is 10.2 Å². The van der Waals surface area contributed by atoms with Gasteiger partial charge < -0.3 is 10.1 Å². The number of nitrogens with zero attached hydrogens (tertiary/aromatic N) is 3. The summed E-state index contributed by atoms with van der Waals surface area (Å²) in [4.78, 5) is 13.7. The van der Waals surface area contributed by atoms with Crippen molar-refractivity contribution in [1.29, 1.82) is 0 Å². The number of rotatable bonds is 5. The second kappa shape index (κ2) is 7.70. The first-order chi connectivity index (χ1) is 12.7. The summed E-state index contributed by atoms with van der Waals surface area (Å²) in [7, 11) is 0. The van der Waals surface area contributed by atoms with Crippen LogP contribution in [0, 0.1) is 13.8 Å². The van der Waals surface area contributed by atoms with E-state index in [1.807, 2.05) is 0 Å². The lowest BCUT2D eigenvalue weighted by Crippen LogP contribution is -2.44. The molecule has 1 aromatic carbocycles. The number of aromatic nitrogens is 2. The maximum atomic E-state index is 5.97. The maximum Gasteiger partial charge on any atom is 0.138 e. The highest BCUT2D eigenvalue weighted by Gasteiger charge is 2.21. The largest absolute Gasteiger partial charge is 0.374 e. The lowest BCUT2D eigenvalue weighted by atomic mass is 10.2. The molecule has 1 fully saturated rings. The quantitative estimate of drug-likeness (QED) is 0.745. The molecule has 1 saturated heterocycles. The minimum Gasteiger partial charge on any atom is -0.374 e. The van der Waals surface area contributed by atoms with Crippen molar-refractivity contribution in [2.24, 2.45) is 0 Å². The topological polar surface area (TPSA) is 50.3 Å². The molecule has 5 nitrogen and oxygen atoms in total. The van der Waals surface area contributed by atoms with Crippen LogP contribution in [-0.2, 0) is 11.3 Å². The molecule has 4 rings (SSSR count). The Hall–Kier alpha value is -2.02. The lowest BCUT2D eigenvalue weighted by Gasteiger charge is -2.33. The van der Waals surface area contributed by atoms with E-state index in [1.54, 1.807) is 17.7 Å². The van der Waals surface area contributed by atoms with E-state index in [9.17, 15) is 0 Å². The van der Waals surface area contributed by atoms with Gasteiger partial charge in [0.2, 0.25) is 0 Å². The average Bonchev–Trinajstić information content (AvgIpc) is 2.96. The fraction of sp³-hybridized carbons (Fsp3) is 0.400. The van der Waals surface area contributed by atoms with Gasteiger partial charge in [0, 0.05) is 31.1 Å². The Kier molecular flexibility index (Phi) is 5.15. The van der Waals surface area contributed by atoms with E-state index in [0.29, 0.717) is 0 Å². The number of aryl methyl sites for hydroxylation is 2. The molecule has 136 valence electrons. The van der Waals surface area contributed by atoms with Crippen molar-refractivity contribution in [3.63, 3.8) is 0 Å². The van der Waals surface area contributed by atoms with Gasteiger partial charge >= 0.3 is 0 Å². The molecule has 3 heterocycles. The molecule has 0 spiro atoms. The lowest BCUT2D eigenvalue weighted by molar-refractivity contribution is -0.0240. The number of morpholine rings is 1. The van der Waals surface area contributed by atoms with Crippen LogP contribution in [0.15, 0.2) is 36.7 Å². The molecule has 0 radical (unpaired) electrons. The van der Waals surface area contributed by atoms with E-state index in [0.717, 1.165) is 48.8 Å². The SMILES string of the molecule is Cc1sc2ncnc(NCC3CN(Cc4ccccc4)CCO3)c2c1C. The van der Waals surface area contributed by atoms with Gasteiger partial charge in [0.05, 0.1) is 18.1 Å². The van der Waals surface area contributed by atoms with Crippen LogP contribution in [0.2, 0.25) is 0 Å². The number of anilines is 1. The van der Waals surface area contributed by atoms with E-state index in [1.165, 1.54) is 16.0 Å². The van der Waals surface area contributed by atoms with Crippen molar-refractivity contribution in [1.82, 2.24) is 14.9 Å². The van der Waals surface area contributed by atoms with Crippen molar-refractivity contribution in [2.45, 2.75) is 26.5 Å². The van der Waals surface area contributed by atoms with Gasteiger partial charge in [-0.25, -0.2) is 9.97 Å². The minimum absolute atomic E-state index is 0.164. The van der Waals surface area contributed by atoms with Crippen molar-refractivity contribution in [3.05, 3.63) is 52.7 Å². The summed E-state index contributed by atoms with van der Waals surface area (Å²) in [5.41, 5.74) is 2.62. The van der Waals surface area contributed by atoms with E-state index < -0.39 is 0 Å². The smallest absolute Gasteiger partial charge is 0.138 e. The van der Waals surface area contributed by atoms with Gasteiger partial charge in [-0.05, 0) is 25.0 Å². The third kappa shape index (κ3) is 3.72. The molecule has 1 unspecified atom stereocenters. The first-order valence-electron chi connectivity index (χ1n) is 9.03. The normalized spacial score (nSPS) is 18.3. The van der Waals surface area contributed by atoms with Gasteiger partial charge in [0.1, 0.15) is 17.0 Å². The fourth-order valence-corrected chi connectivity index (χ4v) is 4.41. The van der Waals surface area contributed by atoms with E-state index >= 15 is 0 Å². The second-order valence-corrected chi connectivity index (χ2v) is 7.98. The first kappa shape index (κ1) is 17.4. The summed E-state index contributed by atoms with van der Waals surface area (Å²) >= 11 is 1.73. The van der Waals surface area contributed by atoms with Gasteiger partial charge in [-0.2, -0.15) is 0 Å². The van der Waals surface area contributed by atoms with Gasteiger partial charge in [-0.15, -0.1) is 11.3 Å². The number of thiophene rings is 1. The highest BCUT2D eigenvalue weighted by Crippen LogP contribution is 2.32. The Bertz CT molecular complexity index is 880. The number of ether oxygens (including phenoxy) is 1. The average molecular weight is 369 g/mol. The van der Waals surface area contributed by atoms with E-state index in [4.69, 9.17) is 4.74 Å². The molecule has 1 N–H and O–H groups in total. The predicted octanol–water partition coefficient (Wildman–Crippen LogP) is 3.62. The van der Waals surface area contributed by atoms with Crippen LogP contribution >= 0.6 is 11.3 Å². The Balaban J connectivity index is 1.40. The van der Waals surface area contributed by atoms with Crippen molar-refractivity contribution in [3.8, 4) is 0 Å². The standard InChI is InChI=1S/C20H24N4OS/c1-14-15(2)26-20-18(14)19(22-13-23-20)21-10-17-12-24(8-9-25-17)11-16-6-4-3-5-7-16/h3-7,13,17H,8-12H2,1-2H3,(H,21,22,23). The molecule has 0 bridgehead atoms. The van der Waals surface area contributed by atoms with Crippen LogP contribution in [-0.4, -0.2) is 47.2 Å². The van der Waals surface area contributed by atoms with Gasteiger partial charge in [-0.1, -0.05) is 30.3 Å². The summed E-state index contributed by atoms with van der Waals surface area (Å²) in [6.07, 6.45) is 1.81. The van der Waals surface area contributed by atoms with Crippen molar-refractivity contribution < 1.29 is 4.74 Å². The van der Waals surface area contributed by atoms with Crippen LogP contribution in [0.5, 0.6) is 0 Å². The van der Waals surface area contributed by atoms with E-state index in [-0.39, 0.29) is 6.10 Å². The Morgan fingerprint density at radius 1 is 1.23 bits per heavy atom. The number of hydrogen-bond donors (Lipinski definition) is 1. The number of hydrogen-bond acceptors (Lipinski definition) is 6. The van der Waals surface area contributed by atoms with E-state index in [2.05, 4.69) is 64.4 Å². The molecule has 6 heteroatoms. The Morgan fingerprint density at radius 3 is 2.92 bits per heavy atom. The van der Waals surface area contributed by atoms with Gasteiger partial charge in [0.25, 0.3) is 0 Å². The predicted molar refractivity (Wildman–Crippen MR) is 107 cm³/mol. The zero-order chi connectivity index (χ0) is 17.9. The molecule has 1 aliphatic heterocycles. The Morgan fingerprint density at radius 2 is 2.08 bits per heavy atom. The fourth-order valence-electron chi connectivity index (χ4n) is 3.42. The molecular formula is C20H24N4OS. The maximum absolute atomic E-state index is 5.97. The summed E-state index contributed by atoms with van der Waals surface area (Å²) in [6, 6.07) is 10.6. The van der Waals surface area contributed by atoms with Crippen molar-refractivity contribution >= 4 is 27.4 Å². The number of benzene rings is 1. The van der Waals surface area contributed by atoms with Crippen LogP contribution in [0.1, 0.15) is 16.0 Å². The minimum atomic E-state index is 0.164. The third-order valence-electron chi connectivity index (χ3n) is 4.93. The third-order valence-corrected chi connectivity index (χ3v) is 6.05. The van der Waals surface area contributed by atoms with Gasteiger partial charge in [0.15, 0.2) is 0 Å². The zero-order valence-electron chi connectivity index (χ0n) is 15.2. The highest BCUT2D eigenvalue weighted by atomic mass is 32.1. The molecule has 0 amide bonds. The first-order valence-corrected chi connectivity index (χ1v) is 9.85. The summed E-state index contributed by atoms with van der Waals surface area (Å²) in [5.74, 6) is 0.917. The molecule has 0 saturated carbocycles. The molecule has 2 aromatic heterocycles. The summed E-state index contributed by atoms with van der Waals surface area (Å²) < 4.78 is 5.97. The molecule has 0 aliphatic carbocycles.